The van der Waals surface area contributed by atoms with Crippen molar-refractivity contribution < 1.29 is 8.83 Å². The lowest BCUT2D eigenvalue weighted by atomic mass is 10.1. The molecule has 3 aromatic heterocycles. The lowest BCUT2D eigenvalue weighted by molar-refractivity contribution is 0.527. The first-order chi connectivity index (χ1) is 15.2. The van der Waals surface area contributed by atoms with Crippen LogP contribution in [0, 0.1) is 0 Å². The zero-order valence-corrected chi connectivity index (χ0v) is 19.6. The third-order valence-corrected chi connectivity index (χ3v) is 7.52. The molecule has 0 bridgehead atoms. The highest BCUT2D eigenvalue weighted by atomic mass is 32.1. The summed E-state index contributed by atoms with van der Waals surface area (Å²) < 4.78 is 14.9. The molecular weight excluding hydrogens is 400 g/mol. The lowest BCUT2D eigenvalue weighted by Gasteiger charge is -1.95. The maximum absolute atomic E-state index is 6.17. The third-order valence-electron chi connectivity index (χ3n) is 6.40. The Balaban J connectivity index is 1.44. The quantitative estimate of drug-likeness (QED) is 0.205. The zero-order chi connectivity index (χ0) is 21.2. The summed E-state index contributed by atoms with van der Waals surface area (Å²) >= 11 is 1.84. The Kier molecular flexibility index (Phi) is 6.04. The second kappa shape index (κ2) is 9.08. The van der Waals surface area contributed by atoms with Crippen LogP contribution in [0.3, 0.4) is 0 Å². The summed E-state index contributed by atoms with van der Waals surface area (Å²) in [5.41, 5.74) is 2.03. The molecule has 162 valence electrons. The molecule has 0 saturated heterocycles. The fourth-order valence-corrected chi connectivity index (χ4v) is 5.78. The first kappa shape index (κ1) is 20.6. The number of fused-ring (bicyclic) bond motifs is 5. The largest absolute Gasteiger partial charge is 0.461 e. The van der Waals surface area contributed by atoms with Gasteiger partial charge in [-0.15, -0.1) is 11.3 Å². The van der Waals surface area contributed by atoms with Crippen molar-refractivity contribution in [3.05, 3.63) is 47.9 Å². The number of unbranched alkanes of at least 4 members (excludes halogenated alkanes) is 6. The van der Waals surface area contributed by atoms with Gasteiger partial charge in [-0.25, -0.2) is 0 Å². The maximum Gasteiger partial charge on any atom is 0.135 e. The number of hydrogen-bond acceptors (Lipinski definition) is 3. The Morgan fingerprint density at radius 3 is 1.52 bits per heavy atom. The van der Waals surface area contributed by atoms with Crippen molar-refractivity contribution in [2.45, 2.75) is 78.1 Å². The van der Waals surface area contributed by atoms with Crippen LogP contribution in [0.25, 0.3) is 42.1 Å². The van der Waals surface area contributed by atoms with Crippen LogP contribution in [-0.4, -0.2) is 0 Å². The molecule has 0 atom stereocenters. The van der Waals surface area contributed by atoms with Gasteiger partial charge in [0, 0.05) is 43.8 Å². The second-order valence-corrected chi connectivity index (χ2v) is 10.0. The Morgan fingerprint density at radius 2 is 1.06 bits per heavy atom. The molecule has 0 fully saturated rings. The average Bonchev–Trinajstić information content (AvgIpc) is 3.44. The maximum atomic E-state index is 6.17. The zero-order valence-electron chi connectivity index (χ0n) is 18.8. The van der Waals surface area contributed by atoms with Crippen molar-refractivity contribution in [1.29, 1.82) is 0 Å². The summed E-state index contributed by atoms with van der Waals surface area (Å²) in [7, 11) is 0. The van der Waals surface area contributed by atoms with E-state index in [4.69, 9.17) is 8.83 Å². The minimum atomic E-state index is 1.02. The summed E-state index contributed by atoms with van der Waals surface area (Å²) in [5.74, 6) is 2.25. The van der Waals surface area contributed by atoms with Crippen molar-refractivity contribution in [3.8, 4) is 0 Å². The predicted octanol–water partition coefficient (Wildman–Crippen LogP) is 9.79. The molecule has 0 amide bonds. The van der Waals surface area contributed by atoms with Crippen molar-refractivity contribution in [2.24, 2.45) is 0 Å². The third kappa shape index (κ3) is 4.25. The minimum Gasteiger partial charge on any atom is -0.461 e. The molecule has 2 aromatic carbocycles. The summed E-state index contributed by atoms with van der Waals surface area (Å²) in [6, 6.07) is 13.6. The molecule has 0 N–H and O–H groups in total. The van der Waals surface area contributed by atoms with Gasteiger partial charge in [0.2, 0.25) is 0 Å². The van der Waals surface area contributed by atoms with Crippen molar-refractivity contribution >= 4 is 53.4 Å². The molecule has 0 aliphatic rings. The molecule has 5 rings (SSSR count). The molecular formula is C28H32O2S. The summed E-state index contributed by atoms with van der Waals surface area (Å²) in [5, 5.41) is 5.11. The fourth-order valence-electron chi connectivity index (χ4n) is 4.65. The van der Waals surface area contributed by atoms with Gasteiger partial charge in [0.25, 0.3) is 0 Å². The minimum absolute atomic E-state index is 1.02. The number of hydrogen-bond donors (Lipinski definition) is 0. The van der Waals surface area contributed by atoms with E-state index in [2.05, 4.69) is 50.2 Å². The van der Waals surface area contributed by atoms with E-state index in [1.807, 2.05) is 11.3 Å². The number of thiophene rings is 1. The Hall–Kier alpha value is -2.26. The van der Waals surface area contributed by atoms with Gasteiger partial charge >= 0.3 is 0 Å². The first-order valence-corrected chi connectivity index (χ1v) is 12.9. The molecule has 0 radical (unpaired) electrons. The molecule has 0 spiro atoms. The second-order valence-electron chi connectivity index (χ2n) is 8.92. The number of rotatable bonds is 10. The van der Waals surface area contributed by atoms with E-state index < -0.39 is 0 Å². The lowest BCUT2D eigenvalue weighted by Crippen LogP contribution is -1.81. The highest BCUT2D eigenvalue weighted by Gasteiger charge is 2.13. The van der Waals surface area contributed by atoms with E-state index in [9.17, 15) is 0 Å². The van der Waals surface area contributed by atoms with Crippen LogP contribution in [0.15, 0.2) is 45.2 Å². The van der Waals surface area contributed by atoms with Crippen LogP contribution in [0.1, 0.15) is 76.7 Å². The van der Waals surface area contributed by atoms with Gasteiger partial charge in [-0.05, 0) is 49.2 Å². The normalized spacial score (nSPS) is 12.2. The van der Waals surface area contributed by atoms with Gasteiger partial charge in [-0.2, -0.15) is 0 Å². The van der Waals surface area contributed by atoms with E-state index in [1.54, 1.807) is 0 Å². The highest BCUT2D eigenvalue weighted by Crippen LogP contribution is 2.40. The van der Waals surface area contributed by atoms with E-state index in [1.165, 1.54) is 82.3 Å². The van der Waals surface area contributed by atoms with Crippen molar-refractivity contribution in [3.63, 3.8) is 0 Å². The van der Waals surface area contributed by atoms with Crippen LogP contribution in [0.5, 0.6) is 0 Å². The fraction of sp³-hybridized carbons (Fsp3) is 0.429. The van der Waals surface area contributed by atoms with Crippen LogP contribution >= 0.6 is 11.3 Å². The van der Waals surface area contributed by atoms with Crippen LogP contribution in [0.4, 0.5) is 0 Å². The van der Waals surface area contributed by atoms with Gasteiger partial charge in [0.05, 0.1) is 0 Å². The monoisotopic (exact) mass is 432 g/mol. The standard InChI is InChI=1S/C28H32O2S/c1-3-5-7-9-11-21-13-19-15-23-24-16-20-14-22(12-10-8-6-4-2)30-26(20)18-28(24)31-27(23)17-25(19)29-21/h13-18H,3-12H2,1-2H3. The van der Waals surface area contributed by atoms with E-state index in [-0.39, 0.29) is 0 Å². The summed E-state index contributed by atoms with van der Waals surface area (Å²) in [6.07, 6.45) is 12.2. The van der Waals surface area contributed by atoms with Crippen LogP contribution in [-0.2, 0) is 12.8 Å². The van der Waals surface area contributed by atoms with Crippen LogP contribution < -0.4 is 0 Å². The van der Waals surface area contributed by atoms with Crippen LogP contribution in [0.2, 0.25) is 0 Å². The molecule has 31 heavy (non-hydrogen) atoms. The van der Waals surface area contributed by atoms with Crippen molar-refractivity contribution in [2.75, 3.05) is 0 Å². The average molecular weight is 433 g/mol. The highest BCUT2D eigenvalue weighted by molar-refractivity contribution is 7.26. The smallest absolute Gasteiger partial charge is 0.135 e. The molecule has 0 saturated carbocycles. The molecule has 2 nitrogen and oxygen atoms in total. The number of aryl methyl sites for hydroxylation is 2. The van der Waals surface area contributed by atoms with E-state index >= 15 is 0 Å². The molecule has 0 aliphatic carbocycles. The van der Waals surface area contributed by atoms with E-state index in [0.29, 0.717) is 0 Å². The van der Waals surface area contributed by atoms with Gasteiger partial charge in [-0.3, -0.25) is 0 Å². The Bertz CT molecular complexity index is 1220. The SMILES string of the molecule is CCCCCCc1cc2cc3c(cc2o1)sc1cc2oc(CCCCCC)cc2cc13. The Morgan fingerprint density at radius 1 is 0.581 bits per heavy atom. The number of benzene rings is 2. The predicted molar refractivity (Wildman–Crippen MR) is 135 cm³/mol. The topological polar surface area (TPSA) is 26.3 Å². The number of furan rings is 2. The molecule has 3 heteroatoms. The molecule has 5 aromatic rings. The van der Waals surface area contributed by atoms with Gasteiger partial charge in [0.15, 0.2) is 0 Å². The Labute approximate surface area is 188 Å². The van der Waals surface area contributed by atoms with E-state index in [0.717, 1.165) is 35.5 Å². The van der Waals surface area contributed by atoms with Gasteiger partial charge in [0.1, 0.15) is 22.7 Å². The van der Waals surface area contributed by atoms with Gasteiger partial charge in [-0.1, -0.05) is 52.4 Å². The summed E-state index contributed by atoms with van der Waals surface area (Å²) in [6.45, 7) is 4.51. The molecule has 0 unspecified atom stereocenters. The van der Waals surface area contributed by atoms with Crippen molar-refractivity contribution in [1.82, 2.24) is 0 Å². The first-order valence-electron chi connectivity index (χ1n) is 12.1. The summed E-state index contributed by atoms with van der Waals surface area (Å²) in [4.78, 5) is 0. The molecule has 3 heterocycles. The van der Waals surface area contributed by atoms with Gasteiger partial charge < -0.3 is 8.83 Å². The molecule has 0 aliphatic heterocycles.